The molecule has 0 aromatic heterocycles. The molecular weight excluding hydrogens is 332 g/mol. The van der Waals surface area contributed by atoms with Crippen LogP contribution in [-0.4, -0.2) is 11.6 Å². The van der Waals surface area contributed by atoms with Gasteiger partial charge >= 0.3 is 0 Å². The van der Waals surface area contributed by atoms with E-state index in [1.165, 1.54) is 36.8 Å². The first-order chi connectivity index (χ1) is 13.2. The molecule has 4 aliphatic carbocycles. The fraction of sp³-hybridized carbons (Fsp3) is 0.760. The van der Waals surface area contributed by atoms with Crippen LogP contribution in [0.3, 0.4) is 0 Å². The maximum atomic E-state index is 13.2. The molecule has 0 aromatic rings. The number of carbonyl (C=O) groups is 2. The van der Waals surface area contributed by atoms with Crippen molar-refractivity contribution >= 4 is 11.6 Å². The van der Waals surface area contributed by atoms with Gasteiger partial charge in [0.1, 0.15) is 11.6 Å². The maximum Gasteiger partial charge on any atom is 0.143 e. The van der Waals surface area contributed by atoms with Gasteiger partial charge in [-0.05, 0) is 83.5 Å². The highest BCUT2D eigenvalue weighted by molar-refractivity contribution is 5.89. The van der Waals surface area contributed by atoms with E-state index in [1.807, 2.05) is 0 Å². The molecule has 4 rings (SSSR count). The van der Waals surface area contributed by atoms with E-state index < -0.39 is 0 Å². The van der Waals surface area contributed by atoms with E-state index >= 15 is 0 Å². The van der Waals surface area contributed by atoms with E-state index in [4.69, 9.17) is 0 Å². The minimum atomic E-state index is 0.139. The van der Waals surface area contributed by atoms with E-state index in [9.17, 15) is 9.59 Å². The van der Waals surface area contributed by atoms with E-state index in [2.05, 4.69) is 12.2 Å². The molecule has 4 atom stereocenters. The second kappa shape index (κ2) is 8.88. The Balaban J connectivity index is 1.41. The van der Waals surface area contributed by atoms with Crippen molar-refractivity contribution in [1.82, 2.24) is 0 Å². The van der Waals surface area contributed by atoms with Gasteiger partial charge < -0.3 is 0 Å². The number of carbonyl (C=O) groups excluding carboxylic acids is 2. The maximum absolute atomic E-state index is 13.2. The van der Waals surface area contributed by atoms with Crippen LogP contribution in [0.4, 0.5) is 0 Å². The van der Waals surface area contributed by atoms with Crippen molar-refractivity contribution in [3.05, 3.63) is 23.3 Å². The summed E-state index contributed by atoms with van der Waals surface area (Å²) in [5.74, 6) is 1.58. The van der Waals surface area contributed by atoms with Gasteiger partial charge in [0.05, 0.1) is 0 Å². The van der Waals surface area contributed by atoms with Crippen molar-refractivity contribution in [1.29, 1.82) is 0 Å². The summed E-state index contributed by atoms with van der Waals surface area (Å²) in [6, 6.07) is 0. The van der Waals surface area contributed by atoms with Crippen LogP contribution >= 0.6 is 0 Å². The number of allylic oxidation sites excluding steroid dienone is 4. The third kappa shape index (κ3) is 4.30. The SMILES string of the molecule is O=C1[C@@H](C[C@@H]2CCC[C@H](C3=CCCCC3)C2=O)CCC[C@@H]1C1=CCCCC1. The van der Waals surface area contributed by atoms with Crippen LogP contribution in [0.25, 0.3) is 0 Å². The number of hydrogen-bond acceptors (Lipinski definition) is 2. The van der Waals surface area contributed by atoms with Crippen molar-refractivity contribution in [3.63, 3.8) is 0 Å². The fourth-order valence-corrected chi connectivity index (χ4v) is 6.18. The van der Waals surface area contributed by atoms with Crippen LogP contribution in [-0.2, 0) is 9.59 Å². The van der Waals surface area contributed by atoms with Gasteiger partial charge in [0, 0.05) is 23.7 Å². The molecule has 0 aliphatic heterocycles. The Labute approximate surface area is 164 Å². The van der Waals surface area contributed by atoms with Crippen LogP contribution in [0.5, 0.6) is 0 Å². The fourth-order valence-electron chi connectivity index (χ4n) is 6.18. The van der Waals surface area contributed by atoms with Crippen LogP contribution in [0.15, 0.2) is 23.3 Å². The molecule has 4 aliphatic rings. The lowest BCUT2D eigenvalue weighted by Crippen LogP contribution is -2.36. The van der Waals surface area contributed by atoms with Crippen molar-refractivity contribution < 1.29 is 9.59 Å². The van der Waals surface area contributed by atoms with Crippen molar-refractivity contribution in [2.75, 3.05) is 0 Å². The summed E-state index contributed by atoms with van der Waals surface area (Å²) in [7, 11) is 0. The Morgan fingerprint density at radius 3 is 1.52 bits per heavy atom. The summed E-state index contributed by atoms with van der Waals surface area (Å²) < 4.78 is 0. The lowest BCUT2D eigenvalue weighted by molar-refractivity contribution is -0.132. The minimum Gasteiger partial charge on any atom is -0.299 e. The molecule has 0 amide bonds. The Kier molecular flexibility index (Phi) is 6.30. The first-order valence-corrected chi connectivity index (χ1v) is 11.7. The summed E-state index contributed by atoms with van der Waals surface area (Å²) in [6.45, 7) is 0. The highest BCUT2D eigenvalue weighted by atomic mass is 16.1. The Morgan fingerprint density at radius 2 is 1.11 bits per heavy atom. The van der Waals surface area contributed by atoms with Gasteiger partial charge in [0.2, 0.25) is 0 Å². The number of ketones is 2. The number of rotatable bonds is 4. The Bertz CT molecular complexity index is 572. The molecule has 0 spiro atoms. The average molecular weight is 369 g/mol. The largest absolute Gasteiger partial charge is 0.299 e. The molecule has 0 heterocycles. The third-order valence-corrected chi connectivity index (χ3v) is 7.70. The summed E-state index contributed by atoms with van der Waals surface area (Å²) in [6.07, 6.45) is 21.6. The van der Waals surface area contributed by atoms with Gasteiger partial charge in [-0.1, -0.05) is 36.1 Å². The topological polar surface area (TPSA) is 34.1 Å². The lowest BCUT2D eigenvalue weighted by Gasteiger charge is -2.35. The first kappa shape index (κ1) is 19.2. The second-order valence-corrected chi connectivity index (χ2v) is 9.45. The summed E-state index contributed by atoms with van der Waals surface area (Å²) in [4.78, 5) is 26.4. The van der Waals surface area contributed by atoms with Crippen molar-refractivity contribution in [3.8, 4) is 0 Å². The van der Waals surface area contributed by atoms with Gasteiger partial charge in [-0.25, -0.2) is 0 Å². The third-order valence-electron chi connectivity index (χ3n) is 7.70. The van der Waals surface area contributed by atoms with Gasteiger partial charge in [-0.3, -0.25) is 9.59 Å². The quantitative estimate of drug-likeness (QED) is 0.542. The first-order valence-electron chi connectivity index (χ1n) is 11.7. The van der Waals surface area contributed by atoms with Gasteiger partial charge in [-0.2, -0.15) is 0 Å². The molecule has 148 valence electrons. The molecule has 2 saturated carbocycles. The zero-order valence-electron chi connectivity index (χ0n) is 16.9. The zero-order chi connectivity index (χ0) is 18.6. The second-order valence-electron chi connectivity index (χ2n) is 9.45. The summed E-state index contributed by atoms with van der Waals surface area (Å²) >= 11 is 0. The lowest BCUT2D eigenvalue weighted by atomic mass is 9.67. The van der Waals surface area contributed by atoms with Gasteiger partial charge in [0.25, 0.3) is 0 Å². The predicted molar refractivity (Wildman–Crippen MR) is 109 cm³/mol. The van der Waals surface area contributed by atoms with E-state index in [0.717, 1.165) is 70.6 Å². The van der Waals surface area contributed by atoms with Gasteiger partial charge in [0.15, 0.2) is 0 Å². The summed E-state index contributed by atoms with van der Waals surface area (Å²) in [5.41, 5.74) is 2.85. The Hall–Kier alpha value is -1.18. The molecular formula is C25H36O2. The van der Waals surface area contributed by atoms with Crippen LogP contribution in [0.1, 0.15) is 96.3 Å². The zero-order valence-corrected chi connectivity index (χ0v) is 16.9. The minimum absolute atomic E-state index is 0.139. The van der Waals surface area contributed by atoms with Crippen LogP contribution in [0, 0.1) is 23.7 Å². The van der Waals surface area contributed by atoms with Gasteiger partial charge in [-0.15, -0.1) is 0 Å². The molecule has 0 aromatic carbocycles. The molecule has 0 unspecified atom stereocenters. The highest BCUT2D eigenvalue weighted by Gasteiger charge is 2.39. The van der Waals surface area contributed by atoms with E-state index in [-0.39, 0.29) is 23.7 Å². The molecule has 27 heavy (non-hydrogen) atoms. The average Bonchev–Trinajstić information content (AvgIpc) is 2.72. The summed E-state index contributed by atoms with van der Waals surface area (Å²) in [5, 5.41) is 0. The standard InChI is InChI=1S/C25H36O2/c26-24-20(13-7-15-22(24)18-9-3-1-4-10-18)17-21-14-8-16-23(25(21)27)19-11-5-2-6-12-19/h9,11,20-23H,1-8,10,12-17H2/t20-,21+,22-,23-/m1/s1. The van der Waals surface area contributed by atoms with Crippen LogP contribution < -0.4 is 0 Å². The molecule has 0 saturated heterocycles. The molecule has 0 N–H and O–H groups in total. The molecule has 2 nitrogen and oxygen atoms in total. The van der Waals surface area contributed by atoms with Crippen molar-refractivity contribution in [2.24, 2.45) is 23.7 Å². The molecule has 0 bridgehead atoms. The molecule has 2 fully saturated rings. The molecule has 0 radical (unpaired) electrons. The number of hydrogen-bond donors (Lipinski definition) is 0. The smallest absolute Gasteiger partial charge is 0.143 e. The predicted octanol–water partition coefficient (Wildman–Crippen LogP) is 6.35. The van der Waals surface area contributed by atoms with Crippen LogP contribution in [0.2, 0.25) is 0 Å². The Morgan fingerprint density at radius 1 is 0.630 bits per heavy atom. The number of Topliss-reactive ketones (excluding diaryl/α,β-unsaturated/α-hetero) is 2. The highest BCUT2D eigenvalue weighted by Crippen LogP contribution is 2.41. The normalized spacial score (nSPS) is 35.6. The molecule has 2 heteroatoms. The monoisotopic (exact) mass is 368 g/mol. The van der Waals surface area contributed by atoms with E-state index in [0.29, 0.717) is 11.6 Å². The van der Waals surface area contributed by atoms with E-state index in [1.54, 1.807) is 0 Å². The van der Waals surface area contributed by atoms with Crippen molar-refractivity contribution in [2.45, 2.75) is 96.3 Å².